The fourth-order valence-electron chi connectivity index (χ4n) is 3.02. The summed E-state index contributed by atoms with van der Waals surface area (Å²) in [4.78, 5) is -0.144. The van der Waals surface area contributed by atoms with Crippen LogP contribution < -0.4 is 4.72 Å². The molecular formula is C18H19BrF3NO2S2. The molecule has 2 unspecified atom stereocenters. The van der Waals surface area contributed by atoms with Crippen molar-refractivity contribution in [2.45, 2.75) is 43.1 Å². The Bertz CT molecular complexity index is 923. The van der Waals surface area contributed by atoms with Crippen molar-refractivity contribution in [2.24, 2.45) is 0 Å². The lowest BCUT2D eigenvalue weighted by Crippen LogP contribution is -2.48. The minimum absolute atomic E-state index is 0.144. The summed E-state index contributed by atoms with van der Waals surface area (Å²) in [6.07, 6.45) is -4.83. The third kappa shape index (κ3) is 5.07. The number of alkyl halides is 3. The van der Waals surface area contributed by atoms with Gasteiger partial charge in [0, 0.05) is 4.47 Å². The second-order valence-electron chi connectivity index (χ2n) is 6.33. The number of nitrogens with one attached hydrogen (secondary N) is 1. The Morgan fingerprint density at radius 2 is 1.59 bits per heavy atom. The summed E-state index contributed by atoms with van der Waals surface area (Å²) in [5.74, 6) is 0. The number of thiol groups is 1. The molecule has 148 valence electrons. The maximum absolute atomic E-state index is 13.7. The quantitative estimate of drug-likeness (QED) is 0.572. The molecule has 0 fully saturated rings. The van der Waals surface area contributed by atoms with Crippen LogP contribution in [0.4, 0.5) is 13.2 Å². The summed E-state index contributed by atoms with van der Waals surface area (Å²) < 4.78 is 69.0. The van der Waals surface area contributed by atoms with Gasteiger partial charge >= 0.3 is 6.18 Å². The molecule has 0 saturated carbocycles. The summed E-state index contributed by atoms with van der Waals surface area (Å²) in [5.41, 5.74) is 1.84. The summed E-state index contributed by atoms with van der Waals surface area (Å²) in [7, 11) is -4.42. The lowest BCUT2D eigenvalue weighted by atomic mass is 10.1. The Hall–Kier alpha value is -1.03. The van der Waals surface area contributed by atoms with Gasteiger partial charge < -0.3 is 0 Å². The van der Waals surface area contributed by atoms with Crippen molar-refractivity contribution in [1.29, 1.82) is 0 Å². The van der Waals surface area contributed by atoms with Crippen molar-refractivity contribution in [3.05, 3.63) is 63.1 Å². The number of benzene rings is 2. The first-order chi connectivity index (χ1) is 12.3. The second-order valence-corrected chi connectivity index (χ2v) is 9.40. The van der Waals surface area contributed by atoms with Crippen molar-refractivity contribution in [3.63, 3.8) is 0 Å². The minimum Gasteiger partial charge on any atom is -0.207 e. The van der Waals surface area contributed by atoms with Crippen molar-refractivity contribution >= 4 is 38.6 Å². The van der Waals surface area contributed by atoms with Crippen molar-refractivity contribution < 1.29 is 21.6 Å². The first-order valence-corrected chi connectivity index (χ1v) is 10.7. The molecule has 0 radical (unpaired) electrons. The fourth-order valence-corrected chi connectivity index (χ4v) is 5.99. The van der Waals surface area contributed by atoms with E-state index in [0.29, 0.717) is 15.6 Å². The van der Waals surface area contributed by atoms with Gasteiger partial charge in [-0.3, -0.25) is 0 Å². The normalized spacial score (nSPS) is 14.8. The SMILES string of the molecule is Cc1cc(C)c(S(=O)(=O)NC(C(S)c2ccccc2Br)C(F)(F)F)c(C)c1. The lowest BCUT2D eigenvalue weighted by molar-refractivity contribution is -0.151. The summed E-state index contributed by atoms with van der Waals surface area (Å²) in [6.45, 7) is 4.91. The standard InChI is InChI=1S/C18H19BrF3NO2S2/c1-10-8-11(2)16(12(3)9-10)27(24,25)23-17(18(20,21)22)15(26)13-6-4-5-7-14(13)19/h4-9,15,17,23,26H,1-3H3. The van der Waals surface area contributed by atoms with E-state index in [1.807, 2.05) is 4.72 Å². The van der Waals surface area contributed by atoms with Crippen LogP contribution in [0.15, 0.2) is 45.8 Å². The Kier molecular flexibility index (Phi) is 6.72. The zero-order valence-corrected chi connectivity index (χ0v) is 18.1. The van der Waals surface area contributed by atoms with Gasteiger partial charge in [0.25, 0.3) is 0 Å². The molecule has 0 saturated heterocycles. The maximum atomic E-state index is 13.7. The molecule has 2 aromatic carbocycles. The predicted octanol–water partition coefficient (Wildman–Crippen LogP) is 5.25. The highest BCUT2D eigenvalue weighted by Crippen LogP contribution is 2.38. The molecule has 2 atom stereocenters. The van der Waals surface area contributed by atoms with Crippen LogP contribution in [0.2, 0.25) is 0 Å². The molecule has 9 heteroatoms. The average Bonchev–Trinajstić information content (AvgIpc) is 2.50. The highest BCUT2D eigenvalue weighted by Gasteiger charge is 2.47. The Morgan fingerprint density at radius 3 is 2.07 bits per heavy atom. The first-order valence-electron chi connectivity index (χ1n) is 7.94. The number of rotatable bonds is 5. The molecule has 0 aromatic heterocycles. The van der Waals surface area contributed by atoms with E-state index >= 15 is 0 Å². The second kappa shape index (κ2) is 8.14. The van der Waals surface area contributed by atoms with Crippen LogP contribution in [0.1, 0.15) is 27.5 Å². The molecule has 2 rings (SSSR count). The highest BCUT2D eigenvalue weighted by molar-refractivity contribution is 9.10. The van der Waals surface area contributed by atoms with Gasteiger partial charge in [-0.1, -0.05) is 51.8 Å². The topological polar surface area (TPSA) is 46.2 Å². The Morgan fingerprint density at radius 1 is 1.07 bits per heavy atom. The van der Waals surface area contributed by atoms with Gasteiger partial charge in [0.1, 0.15) is 6.04 Å². The molecule has 0 spiro atoms. The van der Waals surface area contributed by atoms with Crippen LogP contribution in [0.3, 0.4) is 0 Å². The van der Waals surface area contributed by atoms with E-state index in [2.05, 4.69) is 28.6 Å². The number of sulfonamides is 1. The molecule has 0 heterocycles. The average molecular weight is 482 g/mol. The van der Waals surface area contributed by atoms with Crippen LogP contribution in [0.25, 0.3) is 0 Å². The summed E-state index contributed by atoms with van der Waals surface area (Å²) in [5, 5.41) is -1.43. The first kappa shape index (κ1) is 22.3. The van der Waals surface area contributed by atoms with Gasteiger partial charge in [0.05, 0.1) is 10.1 Å². The van der Waals surface area contributed by atoms with E-state index in [1.165, 1.54) is 6.07 Å². The Balaban J connectivity index is 2.50. The molecule has 27 heavy (non-hydrogen) atoms. The minimum atomic E-state index is -4.83. The van der Waals surface area contributed by atoms with Gasteiger partial charge in [0.2, 0.25) is 10.0 Å². The number of aryl methyl sites for hydroxylation is 3. The van der Waals surface area contributed by atoms with Gasteiger partial charge in [0.15, 0.2) is 0 Å². The number of hydrogen-bond donors (Lipinski definition) is 2. The predicted molar refractivity (Wildman–Crippen MR) is 107 cm³/mol. The summed E-state index contributed by atoms with van der Waals surface area (Å²) >= 11 is 7.29. The Labute approximate surface area is 171 Å². The molecule has 1 N–H and O–H groups in total. The van der Waals surface area contributed by atoms with E-state index in [1.54, 1.807) is 51.1 Å². The van der Waals surface area contributed by atoms with E-state index in [-0.39, 0.29) is 10.5 Å². The smallest absolute Gasteiger partial charge is 0.207 e. The van der Waals surface area contributed by atoms with Gasteiger partial charge in [-0.2, -0.15) is 30.5 Å². The zero-order chi connectivity index (χ0) is 20.6. The summed E-state index contributed by atoms with van der Waals surface area (Å²) in [6, 6.07) is 7.11. The van der Waals surface area contributed by atoms with E-state index < -0.39 is 27.5 Å². The van der Waals surface area contributed by atoms with E-state index in [0.717, 1.165) is 5.56 Å². The van der Waals surface area contributed by atoms with Crippen LogP contribution in [0.5, 0.6) is 0 Å². The highest BCUT2D eigenvalue weighted by atomic mass is 79.9. The number of hydrogen-bond acceptors (Lipinski definition) is 3. The fraction of sp³-hybridized carbons (Fsp3) is 0.333. The van der Waals surface area contributed by atoms with Crippen LogP contribution in [0, 0.1) is 20.8 Å². The third-order valence-corrected chi connectivity index (χ3v) is 7.09. The van der Waals surface area contributed by atoms with E-state index in [4.69, 9.17) is 0 Å². The van der Waals surface area contributed by atoms with Crippen molar-refractivity contribution in [1.82, 2.24) is 4.72 Å². The molecular weight excluding hydrogens is 463 g/mol. The van der Waals surface area contributed by atoms with Gasteiger partial charge in [-0.15, -0.1) is 0 Å². The van der Waals surface area contributed by atoms with Gasteiger partial charge in [-0.25, -0.2) is 8.42 Å². The van der Waals surface area contributed by atoms with Crippen LogP contribution >= 0.6 is 28.6 Å². The van der Waals surface area contributed by atoms with Crippen molar-refractivity contribution in [2.75, 3.05) is 0 Å². The van der Waals surface area contributed by atoms with Crippen LogP contribution in [-0.4, -0.2) is 20.6 Å². The molecule has 0 aliphatic heterocycles. The molecule has 3 nitrogen and oxygen atoms in total. The largest absolute Gasteiger partial charge is 0.406 e. The van der Waals surface area contributed by atoms with E-state index in [9.17, 15) is 21.6 Å². The molecule has 0 aliphatic carbocycles. The molecule has 0 bridgehead atoms. The molecule has 0 aliphatic rings. The zero-order valence-electron chi connectivity index (χ0n) is 14.8. The lowest BCUT2D eigenvalue weighted by Gasteiger charge is -2.28. The third-order valence-electron chi connectivity index (χ3n) is 4.05. The number of halogens is 4. The molecule has 2 aromatic rings. The monoisotopic (exact) mass is 481 g/mol. The van der Waals surface area contributed by atoms with Crippen molar-refractivity contribution in [3.8, 4) is 0 Å². The van der Waals surface area contributed by atoms with Gasteiger partial charge in [-0.05, 0) is 43.5 Å². The molecule has 0 amide bonds. The maximum Gasteiger partial charge on any atom is 0.406 e. The van der Waals surface area contributed by atoms with Crippen LogP contribution in [-0.2, 0) is 10.0 Å².